The summed E-state index contributed by atoms with van der Waals surface area (Å²) in [6.45, 7) is 3.90. The molecule has 0 saturated carbocycles. The average Bonchev–Trinajstić information content (AvgIpc) is 2.44. The summed E-state index contributed by atoms with van der Waals surface area (Å²) in [4.78, 5) is 11.8. The largest absolute Gasteiger partial charge is 0.389 e. The molecule has 8 heteroatoms. The quantitative estimate of drug-likeness (QED) is 0.633. The Kier molecular flexibility index (Phi) is 6.25. The molecule has 1 atom stereocenters. The van der Waals surface area contributed by atoms with Gasteiger partial charge in [-0.15, -0.1) is 0 Å². The van der Waals surface area contributed by atoms with Crippen LogP contribution < -0.4 is 15.8 Å². The predicted molar refractivity (Wildman–Crippen MR) is 85.4 cm³/mol. The molecule has 4 N–H and O–H groups in total. The maximum atomic E-state index is 12.2. The summed E-state index contributed by atoms with van der Waals surface area (Å²) >= 11 is 4.82. The van der Waals surface area contributed by atoms with Gasteiger partial charge >= 0.3 is 0 Å². The molecule has 0 spiro atoms. The van der Waals surface area contributed by atoms with E-state index in [-0.39, 0.29) is 15.8 Å². The number of carbonyl (C=O) groups is 1. The molecule has 0 aliphatic rings. The molecule has 0 fully saturated rings. The lowest BCUT2D eigenvalue weighted by Crippen LogP contribution is -2.44. The zero-order chi connectivity index (χ0) is 16.0. The lowest BCUT2D eigenvalue weighted by Gasteiger charge is -2.14. The molecule has 1 unspecified atom stereocenters. The molecular formula is C13H19N3O3S2. The zero-order valence-electron chi connectivity index (χ0n) is 11.9. The zero-order valence-corrected chi connectivity index (χ0v) is 13.6. The number of nitrogens with two attached hydrogens (primary N) is 1. The minimum Gasteiger partial charge on any atom is -0.389 e. The molecular weight excluding hydrogens is 310 g/mol. The number of hydrogen-bond acceptors (Lipinski definition) is 4. The van der Waals surface area contributed by atoms with E-state index in [0.29, 0.717) is 12.1 Å². The van der Waals surface area contributed by atoms with Gasteiger partial charge in [-0.2, -0.15) is 4.72 Å². The summed E-state index contributed by atoms with van der Waals surface area (Å²) in [6, 6.07) is 5.10. The van der Waals surface area contributed by atoms with Gasteiger partial charge in [-0.05, 0) is 25.5 Å². The Morgan fingerprint density at radius 2 is 2.10 bits per heavy atom. The first-order valence-electron chi connectivity index (χ1n) is 6.48. The van der Waals surface area contributed by atoms with Gasteiger partial charge in [-0.25, -0.2) is 8.42 Å². The number of benzene rings is 1. The Morgan fingerprint density at radius 3 is 2.67 bits per heavy atom. The van der Waals surface area contributed by atoms with Gasteiger partial charge in [0, 0.05) is 12.1 Å². The van der Waals surface area contributed by atoms with Crippen molar-refractivity contribution in [2.45, 2.75) is 31.2 Å². The summed E-state index contributed by atoms with van der Waals surface area (Å²) in [6.07, 6.45) is 0.779. The minimum atomic E-state index is -3.81. The fourth-order valence-electron chi connectivity index (χ4n) is 1.57. The highest BCUT2D eigenvalue weighted by atomic mass is 32.2. The Hall–Kier alpha value is -1.51. The first-order chi connectivity index (χ1) is 9.77. The number of hydrogen-bond donors (Lipinski definition) is 3. The van der Waals surface area contributed by atoms with Crippen LogP contribution in [0.5, 0.6) is 0 Å². The molecule has 0 aliphatic heterocycles. The van der Waals surface area contributed by atoms with Gasteiger partial charge in [0.15, 0.2) is 0 Å². The van der Waals surface area contributed by atoms with Crippen LogP contribution in [0.15, 0.2) is 29.2 Å². The highest BCUT2D eigenvalue weighted by Gasteiger charge is 2.22. The highest BCUT2D eigenvalue weighted by Crippen LogP contribution is 2.12. The first-order valence-corrected chi connectivity index (χ1v) is 8.37. The van der Waals surface area contributed by atoms with Crippen molar-refractivity contribution in [2.75, 3.05) is 6.54 Å². The summed E-state index contributed by atoms with van der Waals surface area (Å²) in [5.41, 5.74) is 5.94. The Bertz CT molecular complexity index is 629. The van der Waals surface area contributed by atoms with Gasteiger partial charge in [0.05, 0.1) is 10.9 Å². The van der Waals surface area contributed by atoms with Crippen LogP contribution in [0.3, 0.4) is 0 Å². The molecule has 0 aliphatic carbocycles. The molecule has 1 rings (SSSR count). The van der Waals surface area contributed by atoms with Crippen molar-refractivity contribution in [1.29, 1.82) is 0 Å². The Morgan fingerprint density at radius 1 is 1.43 bits per heavy atom. The second-order valence-electron chi connectivity index (χ2n) is 4.53. The van der Waals surface area contributed by atoms with Crippen LogP contribution in [0.25, 0.3) is 0 Å². The number of carbonyl (C=O) groups excluding carboxylic acids is 1. The Balaban J connectivity index is 2.89. The smallest absolute Gasteiger partial charge is 0.241 e. The molecule has 6 nitrogen and oxygen atoms in total. The van der Waals surface area contributed by atoms with Crippen LogP contribution in [0, 0.1) is 0 Å². The number of nitrogens with one attached hydrogen (secondary N) is 2. The van der Waals surface area contributed by atoms with Gasteiger partial charge in [0.25, 0.3) is 0 Å². The molecule has 116 valence electrons. The summed E-state index contributed by atoms with van der Waals surface area (Å²) in [7, 11) is -3.81. The van der Waals surface area contributed by atoms with E-state index >= 15 is 0 Å². The van der Waals surface area contributed by atoms with Crippen LogP contribution in [-0.2, 0) is 14.8 Å². The lowest BCUT2D eigenvalue weighted by atomic mass is 10.2. The van der Waals surface area contributed by atoms with E-state index in [2.05, 4.69) is 10.0 Å². The SMILES string of the molecule is CCCNC(=O)C(C)NS(=O)(=O)c1cccc(C(N)=S)c1. The van der Waals surface area contributed by atoms with E-state index in [1.165, 1.54) is 19.1 Å². The van der Waals surface area contributed by atoms with Crippen LogP contribution in [0.4, 0.5) is 0 Å². The molecule has 21 heavy (non-hydrogen) atoms. The van der Waals surface area contributed by atoms with Gasteiger partial charge in [0.2, 0.25) is 15.9 Å². The topological polar surface area (TPSA) is 101 Å². The van der Waals surface area contributed by atoms with E-state index in [9.17, 15) is 13.2 Å². The monoisotopic (exact) mass is 329 g/mol. The molecule has 0 aromatic heterocycles. The highest BCUT2D eigenvalue weighted by molar-refractivity contribution is 7.89. The number of thiocarbonyl (C=S) groups is 1. The molecule has 1 aromatic carbocycles. The first kappa shape index (κ1) is 17.5. The maximum absolute atomic E-state index is 12.2. The van der Waals surface area contributed by atoms with Crippen molar-refractivity contribution < 1.29 is 13.2 Å². The summed E-state index contributed by atoms with van der Waals surface area (Å²) in [5, 5.41) is 2.63. The molecule has 0 bridgehead atoms. The van der Waals surface area contributed by atoms with Gasteiger partial charge < -0.3 is 11.1 Å². The van der Waals surface area contributed by atoms with Gasteiger partial charge in [-0.3, -0.25) is 4.79 Å². The normalized spacial score (nSPS) is 12.7. The van der Waals surface area contributed by atoms with Crippen LogP contribution >= 0.6 is 12.2 Å². The van der Waals surface area contributed by atoms with Crippen LogP contribution in [-0.4, -0.2) is 31.9 Å². The van der Waals surface area contributed by atoms with Crippen molar-refractivity contribution >= 4 is 33.1 Å². The molecule has 0 saturated heterocycles. The molecule has 0 radical (unpaired) electrons. The van der Waals surface area contributed by atoms with E-state index in [1.807, 2.05) is 6.92 Å². The van der Waals surface area contributed by atoms with Crippen molar-refractivity contribution in [1.82, 2.24) is 10.0 Å². The second-order valence-corrected chi connectivity index (χ2v) is 6.68. The fourth-order valence-corrected chi connectivity index (χ4v) is 2.95. The van der Waals surface area contributed by atoms with Crippen molar-refractivity contribution in [3.8, 4) is 0 Å². The third-order valence-corrected chi connectivity index (χ3v) is 4.48. The minimum absolute atomic E-state index is 0.0166. The van der Waals surface area contributed by atoms with Crippen LogP contribution in [0.2, 0.25) is 0 Å². The fraction of sp³-hybridized carbons (Fsp3) is 0.385. The Labute approximate surface area is 130 Å². The second kappa shape index (κ2) is 7.48. The van der Waals surface area contributed by atoms with Gasteiger partial charge in [0.1, 0.15) is 4.99 Å². The third kappa shape index (κ3) is 5.07. The maximum Gasteiger partial charge on any atom is 0.241 e. The molecule has 1 aromatic rings. The molecule has 1 amide bonds. The van der Waals surface area contributed by atoms with E-state index < -0.39 is 16.1 Å². The van der Waals surface area contributed by atoms with Gasteiger partial charge in [-0.1, -0.05) is 31.3 Å². The molecule has 0 heterocycles. The van der Waals surface area contributed by atoms with Crippen molar-refractivity contribution in [3.05, 3.63) is 29.8 Å². The van der Waals surface area contributed by atoms with E-state index in [1.54, 1.807) is 12.1 Å². The predicted octanol–water partition coefficient (Wildman–Crippen LogP) is 0.514. The standard InChI is InChI=1S/C13H19N3O3S2/c1-3-7-15-13(17)9(2)16-21(18,19)11-6-4-5-10(8-11)12(14)20/h4-6,8-9,16H,3,7H2,1-2H3,(H2,14,20)(H,15,17). The third-order valence-electron chi connectivity index (χ3n) is 2.70. The van der Waals surface area contributed by atoms with E-state index in [0.717, 1.165) is 6.42 Å². The van der Waals surface area contributed by atoms with Crippen molar-refractivity contribution in [2.24, 2.45) is 5.73 Å². The van der Waals surface area contributed by atoms with Crippen LogP contribution in [0.1, 0.15) is 25.8 Å². The summed E-state index contributed by atoms with van der Waals surface area (Å²) in [5.74, 6) is -0.370. The average molecular weight is 329 g/mol. The number of rotatable bonds is 7. The number of sulfonamides is 1. The number of amides is 1. The van der Waals surface area contributed by atoms with E-state index in [4.69, 9.17) is 18.0 Å². The van der Waals surface area contributed by atoms with Crippen molar-refractivity contribution in [3.63, 3.8) is 0 Å². The summed E-state index contributed by atoms with van der Waals surface area (Å²) < 4.78 is 26.8. The lowest BCUT2D eigenvalue weighted by molar-refractivity contribution is -0.122.